The van der Waals surface area contributed by atoms with Crippen molar-refractivity contribution in [3.05, 3.63) is 125 Å². The number of hydrogen-bond donors (Lipinski definition) is 0. The summed E-state index contributed by atoms with van der Waals surface area (Å²) in [5.74, 6) is 0.179. The lowest BCUT2D eigenvalue weighted by molar-refractivity contribution is 0.198. The monoisotopic (exact) mass is 451 g/mol. The maximum atomic E-state index is 14.5. The van der Waals surface area contributed by atoms with Gasteiger partial charge in [0.05, 0.1) is 22.6 Å². The van der Waals surface area contributed by atoms with Crippen molar-refractivity contribution in [3.8, 4) is 11.1 Å². The number of rotatable bonds is 2. The number of aryl methyl sites for hydroxylation is 1. The molecule has 0 radical (unpaired) electrons. The van der Waals surface area contributed by atoms with E-state index in [-0.39, 0.29) is 11.5 Å². The standard InChI is InChI=1S/C28H20BF2NO2/c1-19-11-14-22(15-12-19)32-25-10-6-5-9-23(25)24-17-21(13-16-26(24)32)28-18-27(33-29(30,31)34-28)20-7-3-2-4-8-20/h2-18H,1H3/b28-21-. The summed E-state index contributed by atoms with van der Waals surface area (Å²) in [5, 5.41) is 1.56. The van der Waals surface area contributed by atoms with Crippen molar-refractivity contribution in [3.63, 3.8) is 0 Å². The van der Waals surface area contributed by atoms with Crippen LogP contribution in [0.1, 0.15) is 11.1 Å². The maximum absolute atomic E-state index is 14.5. The van der Waals surface area contributed by atoms with E-state index in [0.717, 1.165) is 27.9 Å². The molecule has 0 bridgehead atoms. The van der Waals surface area contributed by atoms with Gasteiger partial charge in [-0.3, -0.25) is 0 Å². The minimum absolute atomic E-state index is 0.0872. The summed E-state index contributed by atoms with van der Waals surface area (Å²) in [6.07, 6.45) is 1.54. The third-order valence-electron chi connectivity index (χ3n) is 6.10. The van der Waals surface area contributed by atoms with E-state index in [0.29, 0.717) is 10.8 Å². The minimum atomic E-state index is -4.49. The van der Waals surface area contributed by atoms with Gasteiger partial charge in [0.15, 0.2) is 0 Å². The second kappa shape index (κ2) is 7.70. The molecule has 0 N–H and O–H groups in total. The van der Waals surface area contributed by atoms with E-state index >= 15 is 0 Å². The number of halogens is 2. The highest BCUT2D eigenvalue weighted by Crippen LogP contribution is 2.35. The molecule has 166 valence electrons. The van der Waals surface area contributed by atoms with Crippen LogP contribution in [-0.4, -0.2) is 7.11 Å². The average Bonchev–Trinajstić information content (AvgIpc) is 3.18. The zero-order chi connectivity index (χ0) is 23.3. The Bertz CT molecular complexity index is 1580. The van der Waals surface area contributed by atoms with Crippen LogP contribution < -0.4 is 15.2 Å². The third kappa shape index (κ3) is 3.48. The summed E-state index contributed by atoms with van der Waals surface area (Å²) >= 11 is 0. The highest BCUT2D eigenvalue weighted by molar-refractivity contribution is 6.54. The molecule has 2 heterocycles. The average molecular weight is 451 g/mol. The number of hydrogen-bond acceptors (Lipinski definition) is 2. The summed E-state index contributed by atoms with van der Waals surface area (Å²) in [4.78, 5) is 0. The van der Waals surface area contributed by atoms with E-state index < -0.39 is 7.11 Å². The van der Waals surface area contributed by atoms with Crippen molar-refractivity contribution >= 4 is 30.0 Å². The van der Waals surface area contributed by atoms with Crippen LogP contribution in [0, 0.1) is 6.92 Å². The number of benzene rings is 4. The number of fused-ring (bicyclic) bond motifs is 3. The zero-order valence-corrected chi connectivity index (χ0v) is 18.4. The molecule has 4 aromatic carbocycles. The normalized spacial score (nSPS) is 17.3. The number of para-hydroxylation sites is 1. The summed E-state index contributed by atoms with van der Waals surface area (Å²) < 4.78 is 41.0. The molecule has 0 spiro atoms. The predicted molar refractivity (Wildman–Crippen MR) is 131 cm³/mol. The molecule has 0 aromatic heterocycles. The van der Waals surface area contributed by atoms with Gasteiger partial charge in [-0.25, -0.2) is 0 Å². The van der Waals surface area contributed by atoms with Gasteiger partial charge in [-0.1, -0.05) is 60.2 Å². The van der Waals surface area contributed by atoms with E-state index in [1.807, 2.05) is 42.5 Å². The summed E-state index contributed by atoms with van der Waals surface area (Å²) in [6.45, 7) is 2.06. The van der Waals surface area contributed by atoms with Crippen LogP contribution in [0.4, 0.5) is 20.0 Å². The van der Waals surface area contributed by atoms with Crippen LogP contribution in [0.25, 0.3) is 22.6 Å². The molecule has 3 nitrogen and oxygen atoms in total. The SMILES string of the molecule is Cc1ccc([N+]2=c3cc/c(=C4\C=C(c5ccccc5)O[B-](F)(F)O4)cc3-c3ccccc32)cc1. The first-order valence-electron chi connectivity index (χ1n) is 11.1. The third-order valence-corrected chi connectivity index (χ3v) is 6.10. The second-order valence-electron chi connectivity index (χ2n) is 8.43. The molecule has 4 aromatic rings. The molecule has 0 saturated carbocycles. The Labute approximate surface area is 195 Å². The van der Waals surface area contributed by atoms with E-state index in [1.54, 1.807) is 24.3 Å². The smallest absolute Gasteiger partial charge is 0.627 e. The molecule has 0 saturated heterocycles. The highest BCUT2D eigenvalue weighted by Gasteiger charge is 2.38. The van der Waals surface area contributed by atoms with Gasteiger partial charge in [-0.2, -0.15) is 4.58 Å². The Kier molecular flexibility index (Phi) is 4.62. The van der Waals surface area contributed by atoms with Crippen molar-refractivity contribution in [2.24, 2.45) is 0 Å². The van der Waals surface area contributed by atoms with E-state index in [1.165, 1.54) is 11.6 Å². The van der Waals surface area contributed by atoms with Gasteiger partial charge in [0, 0.05) is 41.1 Å². The number of nitrogens with zero attached hydrogens (tertiary/aromatic N) is 1. The van der Waals surface area contributed by atoms with Crippen molar-refractivity contribution < 1.29 is 17.9 Å². The van der Waals surface area contributed by atoms with E-state index in [4.69, 9.17) is 9.31 Å². The fourth-order valence-electron chi connectivity index (χ4n) is 4.51. The molecule has 0 fully saturated rings. The maximum Gasteiger partial charge on any atom is 0.725 e. The van der Waals surface area contributed by atoms with E-state index in [2.05, 4.69) is 41.8 Å². The molecule has 2 aliphatic rings. The molecule has 6 heteroatoms. The highest BCUT2D eigenvalue weighted by atomic mass is 19.3. The molecular formula is C28H20BF2NO2. The van der Waals surface area contributed by atoms with Gasteiger partial charge in [0.1, 0.15) is 0 Å². The van der Waals surface area contributed by atoms with Crippen molar-refractivity contribution in [2.45, 2.75) is 6.92 Å². The zero-order valence-electron chi connectivity index (χ0n) is 18.4. The molecule has 0 amide bonds. The molecule has 2 aliphatic heterocycles. The quantitative estimate of drug-likeness (QED) is 0.254. The fourth-order valence-corrected chi connectivity index (χ4v) is 4.51. The first kappa shape index (κ1) is 20.4. The van der Waals surface area contributed by atoms with Crippen LogP contribution in [0.3, 0.4) is 0 Å². The summed E-state index contributed by atoms with van der Waals surface area (Å²) in [5.41, 5.74) is 5.84. The van der Waals surface area contributed by atoms with Gasteiger partial charge in [0.2, 0.25) is 16.7 Å². The van der Waals surface area contributed by atoms with Gasteiger partial charge in [0.25, 0.3) is 0 Å². The minimum Gasteiger partial charge on any atom is -0.627 e. The Morgan fingerprint density at radius 2 is 1.47 bits per heavy atom. The van der Waals surface area contributed by atoms with Crippen molar-refractivity contribution in [1.29, 1.82) is 0 Å². The second-order valence-corrected chi connectivity index (χ2v) is 8.43. The van der Waals surface area contributed by atoms with Crippen molar-refractivity contribution in [2.75, 3.05) is 0 Å². The lowest BCUT2D eigenvalue weighted by Gasteiger charge is -2.34. The molecule has 0 unspecified atom stereocenters. The Balaban J connectivity index is 1.59. The van der Waals surface area contributed by atoms with Crippen LogP contribution >= 0.6 is 0 Å². The van der Waals surface area contributed by atoms with Crippen LogP contribution in [-0.2, 0) is 9.31 Å². The molecular weight excluding hydrogens is 431 g/mol. The Hall–Kier alpha value is -4.19. The first-order valence-corrected chi connectivity index (χ1v) is 11.1. The Morgan fingerprint density at radius 1 is 0.735 bits per heavy atom. The predicted octanol–water partition coefficient (Wildman–Crippen LogP) is 5.70. The first-order chi connectivity index (χ1) is 16.5. The van der Waals surface area contributed by atoms with E-state index in [9.17, 15) is 8.63 Å². The largest absolute Gasteiger partial charge is 0.725 e. The fraction of sp³-hybridized carbons (Fsp3) is 0.0357. The van der Waals surface area contributed by atoms with Crippen LogP contribution in [0.5, 0.6) is 0 Å². The molecule has 0 aliphatic carbocycles. The lowest BCUT2D eigenvalue weighted by atomic mass is 10.0. The van der Waals surface area contributed by atoms with Crippen LogP contribution in [0.15, 0.2) is 103 Å². The van der Waals surface area contributed by atoms with Crippen LogP contribution in [0.2, 0.25) is 0 Å². The molecule has 0 atom stereocenters. The van der Waals surface area contributed by atoms with Gasteiger partial charge in [-0.05, 0) is 25.1 Å². The molecule has 6 rings (SSSR count). The van der Waals surface area contributed by atoms with Gasteiger partial charge < -0.3 is 17.9 Å². The molecule has 34 heavy (non-hydrogen) atoms. The van der Waals surface area contributed by atoms with Crippen molar-refractivity contribution in [1.82, 2.24) is 4.58 Å². The lowest BCUT2D eigenvalue weighted by Crippen LogP contribution is -2.35. The summed E-state index contributed by atoms with van der Waals surface area (Å²) in [6, 6.07) is 31.0. The Morgan fingerprint density at radius 3 is 2.26 bits per heavy atom. The van der Waals surface area contributed by atoms with Gasteiger partial charge >= 0.3 is 7.11 Å². The van der Waals surface area contributed by atoms with Gasteiger partial charge in [-0.15, -0.1) is 0 Å². The topological polar surface area (TPSA) is 21.5 Å². The summed E-state index contributed by atoms with van der Waals surface area (Å²) in [7, 11) is -4.49.